The number of ether oxygens (including phenoxy) is 2. The molecular formula is C42H42N2O5. The minimum Gasteiger partial charge on any atom is -0.507 e. The standard InChI is InChI=1S/C42H42N2O5/c1-26(20-29-21-27(2)40(45)28(3)22-29)14-19-37-38-30(24-48-34-12-8-5-9-13-34)23-35-39(36(38)25-49-37)42(47)44(41(35)46)33-17-15-32(16-18-33)43-31-10-6-4-7-11-31/h4-13,15-18,20-22,35-37,39,43,45H,14,19,23-25H2,1-3H3/b26-20+/t35-,36+,37-,39-/m1/s1. The highest BCUT2D eigenvalue weighted by molar-refractivity contribution is 6.22. The fourth-order valence-corrected chi connectivity index (χ4v) is 7.72. The number of amides is 2. The first-order chi connectivity index (χ1) is 23.8. The zero-order chi connectivity index (χ0) is 34.1. The Labute approximate surface area is 287 Å². The lowest BCUT2D eigenvalue weighted by atomic mass is 9.69. The maximum atomic E-state index is 14.2. The zero-order valence-corrected chi connectivity index (χ0v) is 28.2. The maximum absolute atomic E-state index is 14.2. The summed E-state index contributed by atoms with van der Waals surface area (Å²) >= 11 is 0. The van der Waals surface area contributed by atoms with Crippen LogP contribution in [-0.2, 0) is 14.3 Å². The molecule has 2 N–H and O–H groups in total. The molecule has 1 aliphatic carbocycles. The molecule has 7 heteroatoms. The Balaban J connectivity index is 1.12. The molecule has 2 aliphatic heterocycles. The number of para-hydroxylation sites is 2. The van der Waals surface area contributed by atoms with Crippen LogP contribution in [0.25, 0.3) is 6.08 Å². The summed E-state index contributed by atoms with van der Waals surface area (Å²) in [5.74, 6) is -0.298. The number of benzene rings is 4. The number of fused-ring (bicyclic) bond motifs is 3. The van der Waals surface area contributed by atoms with E-state index in [0.29, 0.717) is 31.1 Å². The van der Waals surface area contributed by atoms with E-state index in [2.05, 4.69) is 18.3 Å². The summed E-state index contributed by atoms with van der Waals surface area (Å²) in [6.45, 7) is 6.70. The molecule has 49 heavy (non-hydrogen) atoms. The SMILES string of the molecule is C/C(=C\c1cc(C)c(O)c(C)c1)CC[C@H]1OC[C@H]2C1=C(COc1ccccc1)C[C@H]1C(=O)N(c3ccc(Nc4ccccc4)cc3)C(=O)[C@H]12. The van der Waals surface area contributed by atoms with E-state index in [0.717, 1.165) is 57.8 Å². The summed E-state index contributed by atoms with van der Waals surface area (Å²) in [7, 11) is 0. The van der Waals surface area contributed by atoms with Gasteiger partial charge in [-0.3, -0.25) is 14.5 Å². The third-order valence-electron chi connectivity index (χ3n) is 10.1. The van der Waals surface area contributed by atoms with Crippen LogP contribution in [0.3, 0.4) is 0 Å². The van der Waals surface area contributed by atoms with Gasteiger partial charge >= 0.3 is 0 Å². The average Bonchev–Trinajstić information content (AvgIpc) is 3.64. The Hall–Kier alpha value is -5.14. The molecule has 250 valence electrons. The quantitative estimate of drug-likeness (QED) is 0.132. The number of phenols is 1. The summed E-state index contributed by atoms with van der Waals surface area (Å²) in [4.78, 5) is 29.6. The van der Waals surface area contributed by atoms with Crippen LogP contribution < -0.4 is 15.0 Å². The van der Waals surface area contributed by atoms with Gasteiger partial charge in [-0.05, 0) is 129 Å². The van der Waals surface area contributed by atoms with Crippen molar-refractivity contribution in [2.75, 3.05) is 23.4 Å². The molecule has 7 nitrogen and oxygen atoms in total. The Morgan fingerprint density at radius 1 is 0.898 bits per heavy atom. The highest BCUT2D eigenvalue weighted by atomic mass is 16.5. The molecule has 0 saturated carbocycles. The van der Waals surface area contributed by atoms with Crippen molar-refractivity contribution in [1.82, 2.24) is 0 Å². The molecule has 0 unspecified atom stereocenters. The first-order valence-electron chi connectivity index (χ1n) is 17.1. The normalized spacial score (nSPS) is 21.9. The molecule has 3 aliphatic rings. The lowest BCUT2D eigenvalue weighted by Gasteiger charge is -2.31. The molecule has 0 radical (unpaired) electrons. The molecule has 2 heterocycles. The molecule has 2 amide bonds. The number of phenolic OH excluding ortho intramolecular Hbond substituents is 1. The lowest BCUT2D eigenvalue weighted by molar-refractivity contribution is -0.122. The number of aryl methyl sites for hydroxylation is 2. The van der Waals surface area contributed by atoms with Crippen LogP contribution in [0.5, 0.6) is 11.5 Å². The second-order valence-corrected chi connectivity index (χ2v) is 13.5. The first kappa shape index (κ1) is 32.4. The van der Waals surface area contributed by atoms with Crippen LogP contribution in [-0.4, -0.2) is 36.2 Å². The van der Waals surface area contributed by atoms with Gasteiger partial charge in [-0.2, -0.15) is 0 Å². The van der Waals surface area contributed by atoms with Crippen LogP contribution in [0.15, 0.2) is 114 Å². The van der Waals surface area contributed by atoms with Crippen LogP contribution >= 0.6 is 0 Å². The average molecular weight is 655 g/mol. The topological polar surface area (TPSA) is 88.1 Å². The number of rotatable bonds is 10. The van der Waals surface area contributed by atoms with Crippen LogP contribution in [0.1, 0.15) is 42.9 Å². The Kier molecular flexibility index (Phi) is 9.11. The number of nitrogens with one attached hydrogen (secondary N) is 1. The minimum absolute atomic E-state index is 0.150. The van der Waals surface area contributed by atoms with Crippen molar-refractivity contribution in [3.63, 3.8) is 0 Å². The van der Waals surface area contributed by atoms with E-state index >= 15 is 0 Å². The van der Waals surface area contributed by atoms with Gasteiger partial charge in [-0.15, -0.1) is 0 Å². The monoisotopic (exact) mass is 654 g/mol. The van der Waals surface area contributed by atoms with E-state index in [9.17, 15) is 14.7 Å². The fourth-order valence-electron chi connectivity index (χ4n) is 7.72. The summed E-state index contributed by atoms with van der Waals surface area (Å²) in [5, 5.41) is 13.6. The van der Waals surface area contributed by atoms with Gasteiger partial charge in [0.1, 0.15) is 18.1 Å². The van der Waals surface area contributed by atoms with E-state index in [1.54, 1.807) is 0 Å². The summed E-state index contributed by atoms with van der Waals surface area (Å²) in [6.07, 6.45) is 4.04. The fraction of sp³-hybridized carbons (Fsp3) is 0.286. The number of carbonyl (C=O) groups excluding carboxylic acids is 2. The molecule has 0 bridgehead atoms. The molecule has 2 fully saturated rings. The number of carbonyl (C=O) groups is 2. The number of aromatic hydroxyl groups is 1. The summed E-state index contributed by atoms with van der Waals surface area (Å²) in [5.41, 5.74) is 8.60. The van der Waals surface area contributed by atoms with Gasteiger partial charge in [0.25, 0.3) is 0 Å². The van der Waals surface area contributed by atoms with Crippen LogP contribution in [0.2, 0.25) is 0 Å². The number of imide groups is 1. The van der Waals surface area contributed by atoms with Crippen molar-refractivity contribution in [3.05, 3.63) is 130 Å². The van der Waals surface area contributed by atoms with E-state index in [1.807, 2.05) is 111 Å². The number of hydrogen-bond acceptors (Lipinski definition) is 6. The van der Waals surface area contributed by atoms with E-state index in [4.69, 9.17) is 9.47 Å². The van der Waals surface area contributed by atoms with Crippen LogP contribution in [0, 0.1) is 31.6 Å². The van der Waals surface area contributed by atoms with Gasteiger partial charge in [0, 0.05) is 17.3 Å². The highest BCUT2D eigenvalue weighted by Crippen LogP contribution is 2.50. The van der Waals surface area contributed by atoms with Gasteiger partial charge in [-0.25, -0.2) is 0 Å². The third-order valence-corrected chi connectivity index (χ3v) is 10.1. The minimum atomic E-state index is -0.463. The largest absolute Gasteiger partial charge is 0.507 e. The zero-order valence-electron chi connectivity index (χ0n) is 28.2. The second-order valence-electron chi connectivity index (χ2n) is 13.5. The number of hydrogen-bond donors (Lipinski definition) is 2. The van der Waals surface area contributed by atoms with E-state index in [-0.39, 0.29) is 23.8 Å². The number of nitrogens with zero attached hydrogens (tertiary/aromatic N) is 1. The molecule has 0 aromatic heterocycles. The van der Waals surface area contributed by atoms with Crippen molar-refractivity contribution < 1.29 is 24.2 Å². The van der Waals surface area contributed by atoms with Crippen molar-refractivity contribution in [2.24, 2.45) is 17.8 Å². The van der Waals surface area contributed by atoms with Crippen molar-refractivity contribution in [3.8, 4) is 11.5 Å². The van der Waals surface area contributed by atoms with Gasteiger partial charge in [0.15, 0.2) is 0 Å². The van der Waals surface area contributed by atoms with Gasteiger partial charge in [0.05, 0.1) is 30.2 Å². The van der Waals surface area contributed by atoms with Gasteiger partial charge in [0.2, 0.25) is 11.8 Å². The Bertz CT molecular complexity index is 1890. The van der Waals surface area contributed by atoms with Crippen molar-refractivity contribution >= 4 is 35.0 Å². The molecule has 4 atom stereocenters. The summed E-state index contributed by atoms with van der Waals surface area (Å²) < 4.78 is 12.7. The highest BCUT2D eigenvalue weighted by Gasteiger charge is 2.57. The predicted octanol–water partition coefficient (Wildman–Crippen LogP) is 8.54. The summed E-state index contributed by atoms with van der Waals surface area (Å²) in [6, 6.07) is 31.1. The van der Waals surface area contributed by atoms with Gasteiger partial charge in [-0.1, -0.05) is 48.0 Å². The third kappa shape index (κ3) is 6.63. The molecule has 4 aromatic rings. The molecule has 7 rings (SSSR count). The van der Waals surface area contributed by atoms with Crippen molar-refractivity contribution in [1.29, 1.82) is 0 Å². The van der Waals surface area contributed by atoms with E-state index in [1.165, 1.54) is 10.5 Å². The molecule has 0 spiro atoms. The number of allylic oxidation sites excluding steroid dienone is 1. The predicted molar refractivity (Wildman–Crippen MR) is 193 cm³/mol. The lowest BCUT2D eigenvalue weighted by Crippen LogP contribution is -2.35. The Morgan fingerprint density at radius 3 is 2.24 bits per heavy atom. The molecular weight excluding hydrogens is 612 g/mol. The van der Waals surface area contributed by atoms with Crippen LogP contribution in [0.4, 0.5) is 17.1 Å². The maximum Gasteiger partial charge on any atom is 0.238 e. The molecule has 4 aromatic carbocycles. The Morgan fingerprint density at radius 2 is 1.55 bits per heavy atom. The number of anilines is 3. The molecule has 2 saturated heterocycles. The van der Waals surface area contributed by atoms with Crippen molar-refractivity contribution in [2.45, 2.75) is 46.1 Å². The smallest absolute Gasteiger partial charge is 0.238 e. The van der Waals surface area contributed by atoms with Gasteiger partial charge < -0.3 is 19.9 Å². The van der Waals surface area contributed by atoms with E-state index < -0.39 is 11.8 Å². The first-order valence-corrected chi connectivity index (χ1v) is 17.1. The second kappa shape index (κ2) is 13.8.